The van der Waals surface area contributed by atoms with Crippen LogP contribution in [0.2, 0.25) is 0 Å². The van der Waals surface area contributed by atoms with E-state index in [1.54, 1.807) is 32.9 Å². The summed E-state index contributed by atoms with van der Waals surface area (Å²) in [6, 6.07) is 19.4. The minimum atomic E-state index is -1.40. The topological polar surface area (TPSA) is 58.6 Å². The van der Waals surface area contributed by atoms with Gasteiger partial charge in [0.15, 0.2) is 0 Å². The third-order valence-electron chi connectivity index (χ3n) is 4.70. The highest BCUT2D eigenvalue weighted by Crippen LogP contribution is 2.34. The molecule has 0 aliphatic carbocycles. The molecule has 1 atom stereocenters. The summed E-state index contributed by atoms with van der Waals surface area (Å²) < 4.78 is 18.7. The molecule has 3 aromatic carbocycles. The van der Waals surface area contributed by atoms with Crippen molar-refractivity contribution < 1.29 is 19.0 Å². The van der Waals surface area contributed by atoms with Gasteiger partial charge in [-0.05, 0) is 60.9 Å². The first kappa shape index (κ1) is 20.8. The van der Waals surface area contributed by atoms with Crippen molar-refractivity contribution in [1.82, 2.24) is 5.32 Å². The van der Waals surface area contributed by atoms with Crippen molar-refractivity contribution in [2.24, 2.45) is 0 Å². The van der Waals surface area contributed by atoms with Crippen molar-refractivity contribution in [3.05, 3.63) is 83.7 Å². The van der Waals surface area contributed by atoms with E-state index in [0.29, 0.717) is 11.1 Å². The van der Waals surface area contributed by atoms with Crippen LogP contribution < -0.4 is 5.32 Å². The lowest BCUT2D eigenvalue weighted by Gasteiger charge is -2.30. The SMILES string of the molecule is CC(C)(C)OC(=O)NCCC(O)(c1ccc(F)cc1)c1ccc2ccccc2c1. The Balaban J connectivity index is 1.89. The summed E-state index contributed by atoms with van der Waals surface area (Å²) >= 11 is 0. The lowest BCUT2D eigenvalue weighted by Crippen LogP contribution is -2.37. The maximum atomic E-state index is 13.4. The molecule has 0 bridgehead atoms. The molecule has 2 N–H and O–H groups in total. The molecule has 3 rings (SSSR count). The molecule has 29 heavy (non-hydrogen) atoms. The van der Waals surface area contributed by atoms with Crippen molar-refractivity contribution in [3.63, 3.8) is 0 Å². The number of nitrogens with one attached hydrogen (secondary N) is 1. The summed E-state index contributed by atoms with van der Waals surface area (Å²) in [6.45, 7) is 5.55. The molecule has 1 amide bonds. The average Bonchev–Trinajstić information content (AvgIpc) is 2.66. The molecule has 152 valence electrons. The molecule has 0 heterocycles. The minimum absolute atomic E-state index is 0.190. The summed E-state index contributed by atoms with van der Waals surface area (Å²) in [5.41, 5.74) is -0.767. The normalized spacial score (nSPS) is 13.7. The van der Waals surface area contributed by atoms with Crippen LogP contribution in [-0.2, 0) is 10.3 Å². The maximum Gasteiger partial charge on any atom is 0.407 e. The standard InChI is InChI=1S/C24H26FNO3/c1-23(2,3)29-22(27)26-15-14-24(28,19-10-12-21(25)13-11-19)20-9-8-17-6-4-5-7-18(17)16-20/h4-13,16,28H,14-15H2,1-3H3,(H,26,27). The number of ether oxygens (including phenoxy) is 1. The monoisotopic (exact) mass is 395 g/mol. The zero-order valence-corrected chi connectivity index (χ0v) is 16.9. The Hall–Kier alpha value is -2.92. The molecule has 5 heteroatoms. The summed E-state index contributed by atoms with van der Waals surface area (Å²) in [5.74, 6) is -0.374. The van der Waals surface area contributed by atoms with Crippen molar-refractivity contribution in [1.29, 1.82) is 0 Å². The largest absolute Gasteiger partial charge is 0.444 e. The van der Waals surface area contributed by atoms with E-state index in [1.165, 1.54) is 12.1 Å². The number of benzene rings is 3. The molecule has 0 aromatic heterocycles. The van der Waals surface area contributed by atoms with Crippen LogP contribution in [0.1, 0.15) is 38.3 Å². The van der Waals surface area contributed by atoms with E-state index in [2.05, 4.69) is 5.32 Å². The minimum Gasteiger partial charge on any atom is -0.444 e. The number of aliphatic hydroxyl groups is 1. The van der Waals surface area contributed by atoms with E-state index < -0.39 is 17.3 Å². The van der Waals surface area contributed by atoms with E-state index in [0.717, 1.165) is 10.8 Å². The lowest BCUT2D eigenvalue weighted by atomic mass is 9.82. The molecule has 0 aliphatic rings. The third kappa shape index (κ3) is 5.12. The van der Waals surface area contributed by atoms with Gasteiger partial charge in [-0.3, -0.25) is 0 Å². The molecule has 0 radical (unpaired) electrons. The highest BCUT2D eigenvalue weighted by molar-refractivity contribution is 5.83. The van der Waals surface area contributed by atoms with Gasteiger partial charge in [-0.15, -0.1) is 0 Å². The number of halogens is 1. The second kappa shape index (κ2) is 8.21. The zero-order valence-electron chi connectivity index (χ0n) is 16.9. The number of fused-ring (bicyclic) bond motifs is 1. The van der Waals surface area contributed by atoms with Gasteiger partial charge in [0.05, 0.1) is 0 Å². The van der Waals surface area contributed by atoms with E-state index in [-0.39, 0.29) is 18.8 Å². The van der Waals surface area contributed by atoms with Gasteiger partial charge < -0.3 is 15.2 Å². The number of hydrogen-bond donors (Lipinski definition) is 2. The molecule has 1 unspecified atom stereocenters. The summed E-state index contributed by atoms with van der Waals surface area (Å²) in [6.07, 6.45) is -0.339. The van der Waals surface area contributed by atoms with Crippen LogP contribution in [0.5, 0.6) is 0 Å². The molecular weight excluding hydrogens is 369 g/mol. The quantitative estimate of drug-likeness (QED) is 0.630. The molecule has 0 saturated carbocycles. The predicted molar refractivity (Wildman–Crippen MR) is 112 cm³/mol. The third-order valence-corrected chi connectivity index (χ3v) is 4.70. The van der Waals surface area contributed by atoms with Crippen molar-refractivity contribution >= 4 is 16.9 Å². The Kier molecular flexibility index (Phi) is 5.89. The Bertz CT molecular complexity index is 995. The van der Waals surface area contributed by atoms with Gasteiger partial charge in [-0.25, -0.2) is 9.18 Å². The molecule has 3 aromatic rings. The number of hydrogen-bond acceptors (Lipinski definition) is 3. The van der Waals surface area contributed by atoms with Crippen LogP contribution in [0.15, 0.2) is 66.7 Å². The smallest absolute Gasteiger partial charge is 0.407 e. The first-order valence-corrected chi connectivity index (χ1v) is 9.62. The highest BCUT2D eigenvalue weighted by Gasteiger charge is 2.32. The van der Waals surface area contributed by atoms with Crippen molar-refractivity contribution in [2.45, 2.75) is 38.4 Å². The van der Waals surface area contributed by atoms with E-state index >= 15 is 0 Å². The Morgan fingerprint density at radius 3 is 2.24 bits per heavy atom. The molecule has 0 aliphatic heterocycles. The van der Waals surface area contributed by atoms with E-state index in [9.17, 15) is 14.3 Å². The zero-order chi connectivity index (χ0) is 21.1. The fourth-order valence-corrected chi connectivity index (χ4v) is 3.29. The first-order chi connectivity index (χ1) is 13.7. The molecular formula is C24H26FNO3. The highest BCUT2D eigenvalue weighted by atomic mass is 19.1. The van der Waals surface area contributed by atoms with Crippen LogP contribution in [0.3, 0.4) is 0 Å². The fraction of sp³-hybridized carbons (Fsp3) is 0.292. The van der Waals surface area contributed by atoms with Crippen LogP contribution in [0.25, 0.3) is 10.8 Å². The number of carbonyl (C=O) groups excluding carboxylic acids is 1. The summed E-state index contributed by atoms with van der Waals surface area (Å²) in [7, 11) is 0. The summed E-state index contributed by atoms with van der Waals surface area (Å²) in [4.78, 5) is 12.0. The number of alkyl carbamates (subject to hydrolysis) is 1. The average molecular weight is 395 g/mol. The van der Waals surface area contributed by atoms with Crippen LogP contribution in [0, 0.1) is 5.82 Å². The van der Waals surface area contributed by atoms with Gasteiger partial charge >= 0.3 is 6.09 Å². The van der Waals surface area contributed by atoms with E-state index in [4.69, 9.17) is 4.74 Å². The van der Waals surface area contributed by atoms with Gasteiger partial charge in [0.25, 0.3) is 0 Å². The van der Waals surface area contributed by atoms with Gasteiger partial charge in [0.1, 0.15) is 17.0 Å². The molecule has 0 spiro atoms. The molecule has 0 saturated heterocycles. The second-order valence-electron chi connectivity index (χ2n) is 8.11. The van der Waals surface area contributed by atoms with Gasteiger partial charge in [0, 0.05) is 13.0 Å². The van der Waals surface area contributed by atoms with Crippen LogP contribution in [0.4, 0.5) is 9.18 Å². The molecule has 4 nitrogen and oxygen atoms in total. The predicted octanol–water partition coefficient (Wildman–Crippen LogP) is 5.13. The Morgan fingerprint density at radius 1 is 0.966 bits per heavy atom. The van der Waals surface area contributed by atoms with Gasteiger partial charge in [-0.1, -0.05) is 48.5 Å². The van der Waals surface area contributed by atoms with Gasteiger partial charge in [-0.2, -0.15) is 0 Å². The van der Waals surface area contributed by atoms with Crippen LogP contribution in [-0.4, -0.2) is 23.3 Å². The fourth-order valence-electron chi connectivity index (χ4n) is 3.29. The number of amides is 1. The second-order valence-corrected chi connectivity index (χ2v) is 8.11. The van der Waals surface area contributed by atoms with Crippen LogP contribution >= 0.6 is 0 Å². The lowest BCUT2D eigenvalue weighted by molar-refractivity contribution is 0.0472. The number of rotatable bonds is 5. The molecule has 0 fully saturated rings. The number of carbonyl (C=O) groups is 1. The van der Waals surface area contributed by atoms with Crippen molar-refractivity contribution in [2.75, 3.05) is 6.54 Å². The van der Waals surface area contributed by atoms with E-state index in [1.807, 2.05) is 42.5 Å². The Morgan fingerprint density at radius 2 is 1.59 bits per heavy atom. The maximum absolute atomic E-state index is 13.4. The van der Waals surface area contributed by atoms with Gasteiger partial charge in [0.2, 0.25) is 0 Å². The van der Waals surface area contributed by atoms with Crippen molar-refractivity contribution in [3.8, 4) is 0 Å². The summed E-state index contributed by atoms with van der Waals surface area (Å²) in [5, 5.41) is 16.4. The first-order valence-electron chi connectivity index (χ1n) is 9.62. The Labute approximate surface area is 170 Å².